The van der Waals surface area contributed by atoms with Crippen molar-refractivity contribution in [2.45, 2.75) is 52.2 Å². The van der Waals surface area contributed by atoms with Crippen molar-refractivity contribution in [3.8, 4) is 17.2 Å². The van der Waals surface area contributed by atoms with Gasteiger partial charge >= 0.3 is 0 Å². The number of amides is 2. The highest BCUT2D eigenvalue weighted by Crippen LogP contribution is 2.36. The molecule has 0 aliphatic carbocycles. The molecule has 2 amide bonds. The summed E-state index contributed by atoms with van der Waals surface area (Å²) in [5.41, 5.74) is 1.04. The first-order valence-electron chi connectivity index (χ1n) is 12.2. The number of nitrogens with one attached hydrogen (secondary N) is 1. The molecule has 1 N–H and O–H groups in total. The number of hydrogen-bond acceptors (Lipinski definition) is 7. The van der Waals surface area contributed by atoms with Crippen LogP contribution in [0.4, 0.5) is 5.69 Å². The summed E-state index contributed by atoms with van der Waals surface area (Å²) in [5.74, 6) is 0.762. The number of methoxy groups -OCH3 is 1. The van der Waals surface area contributed by atoms with Crippen LogP contribution in [0.1, 0.15) is 39.2 Å². The first-order valence-corrected chi connectivity index (χ1v) is 14.0. The van der Waals surface area contributed by atoms with Crippen molar-refractivity contribution in [1.82, 2.24) is 10.2 Å². The monoisotopic (exact) mass is 533 g/mol. The summed E-state index contributed by atoms with van der Waals surface area (Å²) in [6.45, 7) is 5.35. The minimum Gasteiger partial charge on any atom is -0.497 e. The van der Waals surface area contributed by atoms with Gasteiger partial charge in [0.05, 0.1) is 19.1 Å². The number of carbonyl (C=O) groups is 2. The van der Waals surface area contributed by atoms with Gasteiger partial charge in [0.25, 0.3) is 0 Å². The van der Waals surface area contributed by atoms with Gasteiger partial charge in [0.2, 0.25) is 28.6 Å². The molecular formula is C26H35N3O7S. The summed E-state index contributed by atoms with van der Waals surface area (Å²) in [6, 6.07) is 11.0. The van der Waals surface area contributed by atoms with Gasteiger partial charge in [-0.2, -0.15) is 0 Å². The van der Waals surface area contributed by atoms with Crippen LogP contribution in [0, 0.1) is 0 Å². The summed E-state index contributed by atoms with van der Waals surface area (Å²) >= 11 is 0. The Balaban J connectivity index is 1.94. The Hall–Kier alpha value is -3.47. The molecule has 11 heteroatoms. The van der Waals surface area contributed by atoms with E-state index in [9.17, 15) is 18.0 Å². The lowest BCUT2D eigenvalue weighted by Gasteiger charge is -2.33. The van der Waals surface area contributed by atoms with Crippen molar-refractivity contribution in [3.63, 3.8) is 0 Å². The van der Waals surface area contributed by atoms with Gasteiger partial charge < -0.3 is 24.4 Å². The van der Waals surface area contributed by atoms with Crippen molar-refractivity contribution in [2.75, 3.05) is 31.0 Å². The zero-order chi connectivity index (χ0) is 27.2. The van der Waals surface area contributed by atoms with Crippen molar-refractivity contribution < 1.29 is 32.2 Å². The van der Waals surface area contributed by atoms with Crippen LogP contribution in [0.5, 0.6) is 17.2 Å². The maximum atomic E-state index is 13.8. The molecule has 1 aliphatic rings. The minimum atomic E-state index is -3.85. The zero-order valence-electron chi connectivity index (χ0n) is 21.9. The van der Waals surface area contributed by atoms with Crippen LogP contribution < -0.4 is 23.8 Å². The number of ether oxygens (including phenoxy) is 3. The number of nitrogens with zero attached hydrogens (tertiary/aromatic N) is 2. The Morgan fingerprint density at radius 2 is 1.73 bits per heavy atom. The number of fused-ring (bicyclic) bond motifs is 1. The molecule has 3 rings (SSSR count). The van der Waals surface area contributed by atoms with E-state index in [1.807, 2.05) is 32.9 Å². The van der Waals surface area contributed by atoms with E-state index in [1.165, 1.54) is 11.0 Å². The molecule has 2 atom stereocenters. The van der Waals surface area contributed by atoms with Gasteiger partial charge in [0.1, 0.15) is 18.3 Å². The third-order valence-corrected chi connectivity index (χ3v) is 7.36. The van der Waals surface area contributed by atoms with Gasteiger partial charge in [-0.25, -0.2) is 8.42 Å². The highest BCUT2D eigenvalue weighted by Gasteiger charge is 2.32. The van der Waals surface area contributed by atoms with E-state index >= 15 is 0 Å². The first-order chi connectivity index (χ1) is 17.6. The third kappa shape index (κ3) is 7.06. The maximum Gasteiger partial charge on any atom is 0.244 e. The molecule has 2 aromatic rings. The Morgan fingerprint density at radius 1 is 1.05 bits per heavy atom. The average molecular weight is 534 g/mol. The Bertz CT molecular complexity index is 1200. The molecule has 0 spiro atoms. The molecule has 1 heterocycles. The lowest BCUT2D eigenvalue weighted by molar-refractivity contribution is -0.140. The van der Waals surface area contributed by atoms with Gasteiger partial charge in [0, 0.05) is 18.7 Å². The predicted octanol–water partition coefficient (Wildman–Crippen LogP) is 2.91. The molecular weight excluding hydrogens is 498 g/mol. The van der Waals surface area contributed by atoms with Crippen molar-refractivity contribution in [3.05, 3.63) is 48.0 Å². The molecule has 0 unspecified atom stereocenters. The van der Waals surface area contributed by atoms with Gasteiger partial charge in [-0.3, -0.25) is 13.9 Å². The Morgan fingerprint density at radius 3 is 2.32 bits per heavy atom. The normalized spacial score (nSPS) is 14.0. The van der Waals surface area contributed by atoms with E-state index in [1.54, 1.807) is 31.4 Å². The second-order valence-corrected chi connectivity index (χ2v) is 10.8. The van der Waals surface area contributed by atoms with Crippen LogP contribution in [-0.2, 0) is 26.2 Å². The van der Waals surface area contributed by atoms with Crippen molar-refractivity contribution >= 4 is 27.5 Å². The number of rotatable bonds is 12. The van der Waals surface area contributed by atoms with Gasteiger partial charge in [0.15, 0.2) is 11.5 Å². The van der Waals surface area contributed by atoms with E-state index in [0.717, 1.165) is 22.5 Å². The quantitative estimate of drug-likeness (QED) is 0.446. The highest BCUT2D eigenvalue weighted by molar-refractivity contribution is 7.92. The Kier molecular flexibility index (Phi) is 9.25. The van der Waals surface area contributed by atoms with Crippen LogP contribution in [0.15, 0.2) is 42.5 Å². The molecule has 202 valence electrons. The number of hydrogen-bond donors (Lipinski definition) is 1. The van der Waals surface area contributed by atoms with Crippen molar-refractivity contribution in [2.24, 2.45) is 0 Å². The smallest absolute Gasteiger partial charge is 0.244 e. The van der Waals surface area contributed by atoms with E-state index in [0.29, 0.717) is 23.7 Å². The predicted molar refractivity (Wildman–Crippen MR) is 140 cm³/mol. The largest absolute Gasteiger partial charge is 0.497 e. The number of carbonyl (C=O) groups excluding carboxylic acids is 2. The molecule has 0 aromatic heterocycles. The van der Waals surface area contributed by atoms with E-state index in [2.05, 4.69) is 5.32 Å². The van der Waals surface area contributed by atoms with Crippen LogP contribution in [-0.4, -0.2) is 63.9 Å². The van der Waals surface area contributed by atoms with Crippen LogP contribution in [0.3, 0.4) is 0 Å². The maximum absolute atomic E-state index is 13.8. The lowest BCUT2D eigenvalue weighted by atomic mass is 10.1. The van der Waals surface area contributed by atoms with E-state index in [-0.39, 0.29) is 31.0 Å². The number of anilines is 1. The summed E-state index contributed by atoms with van der Waals surface area (Å²) in [7, 11) is -2.29. The SMILES string of the molecule is CC[C@H](C(=O)N[C@@H](C)CC)N(Cc1ccc(OC)cc1)C(=O)CN(c1ccc2c(c1)OCO2)S(C)(=O)=O. The van der Waals surface area contributed by atoms with E-state index in [4.69, 9.17) is 14.2 Å². The topological polar surface area (TPSA) is 114 Å². The lowest BCUT2D eigenvalue weighted by Crippen LogP contribution is -2.53. The Labute approximate surface area is 218 Å². The summed E-state index contributed by atoms with van der Waals surface area (Å²) in [6.07, 6.45) is 2.12. The molecule has 0 saturated heterocycles. The summed E-state index contributed by atoms with van der Waals surface area (Å²) in [4.78, 5) is 28.4. The molecule has 0 bridgehead atoms. The molecule has 0 fully saturated rings. The highest BCUT2D eigenvalue weighted by atomic mass is 32.2. The van der Waals surface area contributed by atoms with Crippen LogP contribution >= 0.6 is 0 Å². The van der Waals surface area contributed by atoms with Crippen LogP contribution in [0.2, 0.25) is 0 Å². The molecule has 10 nitrogen and oxygen atoms in total. The van der Waals surface area contributed by atoms with Crippen molar-refractivity contribution in [1.29, 1.82) is 0 Å². The molecule has 1 aliphatic heterocycles. The van der Waals surface area contributed by atoms with Gasteiger partial charge in [-0.15, -0.1) is 0 Å². The third-order valence-electron chi connectivity index (χ3n) is 6.22. The number of benzene rings is 2. The molecule has 2 aromatic carbocycles. The van der Waals surface area contributed by atoms with Gasteiger partial charge in [-0.1, -0.05) is 26.0 Å². The molecule has 0 saturated carbocycles. The fourth-order valence-corrected chi connectivity index (χ4v) is 4.78. The minimum absolute atomic E-state index is 0.0374. The zero-order valence-corrected chi connectivity index (χ0v) is 22.7. The van der Waals surface area contributed by atoms with Gasteiger partial charge in [-0.05, 0) is 49.6 Å². The number of sulfonamides is 1. The molecule has 37 heavy (non-hydrogen) atoms. The van der Waals surface area contributed by atoms with E-state index < -0.39 is 28.5 Å². The second-order valence-electron chi connectivity index (χ2n) is 8.92. The summed E-state index contributed by atoms with van der Waals surface area (Å²) < 4.78 is 42.5. The molecule has 0 radical (unpaired) electrons. The van der Waals surface area contributed by atoms with Crippen LogP contribution in [0.25, 0.3) is 0 Å². The first kappa shape index (κ1) is 28.1. The second kappa shape index (κ2) is 12.2. The fraction of sp³-hybridized carbons (Fsp3) is 0.462. The average Bonchev–Trinajstić information content (AvgIpc) is 3.34. The fourth-order valence-electron chi connectivity index (χ4n) is 3.94. The standard InChI is InChI=1S/C26H35N3O7S/c1-6-18(3)27-26(31)22(7-2)28(15-19-8-11-21(34-4)12-9-19)25(30)16-29(37(5,32)33)20-10-13-23-24(14-20)36-17-35-23/h8-14,18,22H,6-7,15-17H2,1-5H3,(H,27,31)/t18-,22+/m0/s1. The summed E-state index contributed by atoms with van der Waals surface area (Å²) in [5, 5.41) is 2.95.